The number of benzene rings is 2. The van der Waals surface area contributed by atoms with Crippen molar-refractivity contribution in [1.82, 2.24) is 9.80 Å². The number of hydrogen-bond acceptors (Lipinski definition) is 5. The molecule has 2 amide bonds. The predicted molar refractivity (Wildman–Crippen MR) is 126 cm³/mol. The first-order chi connectivity index (χ1) is 15.6. The molecule has 8 heteroatoms. The molecule has 1 spiro atoms. The number of ether oxygens (including phenoxy) is 2. The van der Waals surface area contributed by atoms with E-state index in [1.807, 2.05) is 51.9 Å². The first kappa shape index (κ1) is 23.0. The third kappa shape index (κ3) is 5.57. The van der Waals surface area contributed by atoms with E-state index in [-0.39, 0.29) is 29.9 Å². The molecule has 2 saturated heterocycles. The largest absolute Gasteiger partial charge is 0.484 e. The first-order valence-corrected chi connectivity index (χ1v) is 12.1. The van der Waals surface area contributed by atoms with Crippen LogP contribution in [0.1, 0.15) is 18.4 Å². The van der Waals surface area contributed by atoms with Gasteiger partial charge in [0.25, 0.3) is 5.91 Å². The Kier molecular flexibility index (Phi) is 7.60. The van der Waals surface area contributed by atoms with E-state index in [0.29, 0.717) is 37.0 Å². The molecule has 2 aliphatic heterocycles. The van der Waals surface area contributed by atoms with Gasteiger partial charge in [0.05, 0.1) is 11.5 Å². The van der Waals surface area contributed by atoms with Crippen LogP contribution in [0.4, 0.5) is 0 Å². The Morgan fingerprint density at radius 2 is 1.66 bits per heavy atom. The van der Waals surface area contributed by atoms with E-state index in [1.165, 1.54) is 0 Å². The summed E-state index contributed by atoms with van der Waals surface area (Å²) in [6, 6.07) is 16.8. The van der Waals surface area contributed by atoms with Crippen LogP contribution >= 0.6 is 23.4 Å². The van der Waals surface area contributed by atoms with Crippen molar-refractivity contribution in [3.63, 3.8) is 0 Å². The van der Waals surface area contributed by atoms with Crippen LogP contribution in [0.15, 0.2) is 54.6 Å². The highest BCUT2D eigenvalue weighted by Gasteiger charge is 2.46. The van der Waals surface area contributed by atoms with Crippen LogP contribution in [0, 0.1) is 0 Å². The maximum Gasteiger partial charge on any atom is 0.261 e. The SMILES string of the molecule is O=C(COCc1ccccc1)N1CCC2(CC1)SCCN2C(=O)COc1ccc(Cl)cc1. The standard InChI is InChI=1S/C24H27ClN2O4S/c25-20-6-8-21(9-7-20)31-18-23(29)27-14-15-32-24(27)10-12-26(13-11-24)22(28)17-30-16-19-4-2-1-3-5-19/h1-9H,10-18H2. The number of piperidine rings is 1. The van der Waals surface area contributed by atoms with Crippen molar-refractivity contribution in [2.75, 3.05) is 38.6 Å². The predicted octanol–water partition coefficient (Wildman–Crippen LogP) is 3.83. The molecule has 2 heterocycles. The number of likely N-dealkylation sites (tertiary alicyclic amines) is 1. The fourth-order valence-electron chi connectivity index (χ4n) is 4.16. The van der Waals surface area contributed by atoms with Gasteiger partial charge in [0.2, 0.25) is 5.91 Å². The Labute approximate surface area is 197 Å². The van der Waals surface area contributed by atoms with E-state index in [2.05, 4.69) is 0 Å². The first-order valence-electron chi connectivity index (χ1n) is 10.8. The van der Waals surface area contributed by atoms with Gasteiger partial charge >= 0.3 is 0 Å². The molecule has 6 nitrogen and oxygen atoms in total. The highest BCUT2D eigenvalue weighted by atomic mass is 35.5. The van der Waals surface area contributed by atoms with Gasteiger partial charge in [0.15, 0.2) is 6.61 Å². The number of carbonyl (C=O) groups is 2. The average molecular weight is 475 g/mol. The van der Waals surface area contributed by atoms with Crippen LogP contribution < -0.4 is 4.74 Å². The maximum absolute atomic E-state index is 12.9. The molecule has 2 aliphatic rings. The van der Waals surface area contributed by atoms with Gasteiger partial charge in [-0.25, -0.2) is 0 Å². The van der Waals surface area contributed by atoms with E-state index < -0.39 is 0 Å². The van der Waals surface area contributed by atoms with Crippen LogP contribution in [0.25, 0.3) is 0 Å². The van der Waals surface area contributed by atoms with Crippen molar-refractivity contribution >= 4 is 35.2 Å². The van der Waals surface area contributed by atoms with Crippen LogP contribution in [0.2, 0.25) is 5.02 Å². The van der Waals surface area contributed by atoms with E-state index in [1.54, 1.807) is 24.3 Å². The highest BCUT2D eigenvalue weighted by molar-refractivity contribution is 8.00. The van der Waals surface area contributed by atoms with Gasteiger partial charge in [-0.05, 0) is 42.7 Å². The van der Waals surface area contributed by atoms with Gasteiger partial charge in [0.1, 0.15) is 12.4 Å². The molecule has 2 aromatic carbocycles. The van der Waals surface area contributed by atoms with Crippen LogP contribution in [-0.4, -0.2) is 65.1 Å². The zero-order valence-electron chi connectivity index (χ0n) is 17.9. The average Bonchev–Trinajstić information content (AvgIpc) is 3.22. The van der Waals surface area contributed by atoms with Crippen molar-refractivity contribution < 1.29 is 19.1 Å². The number of halogens is 1. The summed E-state index contributed by atoms with van der Waals surface area (Å²) in [5, 5.41) is 0.630. The minimum absolute atomic E-state index is 0.0000861. The Bertz CT molecular complexity index is 917. The number of hydrogen-bond donors (Lipinski definition) is 0. The quantitative estimate of drug-likeness (QED) is 0.610. The van der Waals surface area contributed by atoms with Crippen LogP contribution in [-0.2, 0) is 20.9 Å². The Morgan fingerprint density at radius 3 is 2.38 bits per heavy atom. The second kappa shape index (κ2) is 10.6. The van der Waals surface area contributed by atoms with Crippen LogP contribution in [0.5, 0.6) is 5.75 Å². The summed E-state index contributed by atoms with van der Waals surface area (Å²) in [6.07, 6.45) is 1.52. The molecule has 2 aromatic rings. The number of thioether (sulfide) groups is 1. The summed E-state index contributed by atoms with van der Waals surface area (Å²) in [5.74, 6) is 1.51. The number of nitrogens with zero attached hydrogens (tertiary/aromatic N) is 2. The monoisotopic (exact) mass is 474 g/mol. The molecule has 0 bridgehead atoms. The van der Waals surface area contributed by atoms with Crippen molar-refractivity contribution in [2.24, 2.45) is 0 Å². The topological polar surface area (TPSA) is 59.1 Å². The van der Waals surface area contributed by atoms with E-state index in [4.69, 9.17) is 21.1 Å². The molecule has 0 aromatic heterocycles. The molecule has 0 aliphatic carbocycles. The molecule has 4 rings (SSSR count). The summed E-state index contributed by atoms with van der Waals surface area (Å²) in [7, 11) is 0. The third-order valence-corrected chi connectivity index (χ3v) is 7.69. The minimum atomic E-state index is -0.248. The third-order valence-electron chi connectivity index (χ3n) is 5.89. The zero-order chi connectivity index (χ0) is 22.4. The van der Waals surface area contributed by atoms with Gasteiger partial charge in [-0.3, -0.25) is 9.59 Å². The lowest BCUT2D eigenvalue weighted by Gasteiger charge is -2.44. The lowest BCUT2D eigenvalue weighted by Crippen LogP contribution is -2.54. The summed E-state index contributed by atoms with van der Waals surface area (Å²) in [6.45, 7) is 2.47. The Morgan fingerprint density at radius 1 is 0.938 bits per heavy atom. The maximum atomic E-state index is 12.9. The minimum Gasteiger partial charge on any atom is -0.484 e. The lowest BCUT2D eigenvalue weighted by atomic mass is 10.0. The molecule has 0 atom stereocenters. The molecule has 0 unspecified atom stereocenters. The lowest BCUT2D eigenvalue weighted by molar-refractivity contribution is -0.141. The molecular weight excluding hydrogens is 448 g/mol. The number of rotatable bonds is 7. The molecule has 0 saturated carbocycles. The second-order valence-corrected chi connectivity index (χ2v) is 9.84. The van der Waals surface area contributed by atoms with Crippen molar-refractivity contribution in [3.8, 4) is 5.75 Å². The fraction of sp³-hybridized carbons (Fsp3) is 0.417. The Hall–Kier alpha value is -2.22. The summed E-state index contributed by atoms with van der Waals surface area (Å²) in [4.78, 5) is 29.0. The van der Waals surface area contributed by atoms with Crippen molar-refractivity contribution in [3.05, 3.63) is 65.2 Å². The van der Waals surface area contributed by atoms with Gasteiger partial charge in [-0.1, -0.05) is 41.9 Å². The highest BCUT2D eigenvalue weighted by Crippen LogP contribution is 2.44. The second-order valence-electron chi connectivity index (χ2n) is 7.94. The molecular formula is C24H27ClN2O4S. The van der Waals surface area contributed by atoms with Crippen LogP contribution in [0.3, 0.4) is 0 Å². The summed E-state index contributed by atoms with van der Waals surface area (Å²) < 4.78 is 11.3. The van der Waals surface area contributed by atoms with E-state index in [0.717, 1.165) is 24.2 Å². The molecule has 2 fully saturated rings. The van der Waals surface area contributed by atoms with E-state index in [9.17, 15) is 9.59 Å². The van der Waals surface area contributed by atoms with Gasteiger partial charge in [-0.2, -0.15) is 0 Å². The fourth-order valence-corrected chi connectivity index (χ4v) is 5.76. The number of carbonyl (C=O) groups excluding carboxylic acids is 2. The smallest absolute Gasteiger partial charge is 0.261 e. The van der Waals surface area contributed by atoms with E-state index >= 15 is 0 Å². The zero-order valence-corrected chi connectivity index (χ0v) is 19.4. The molecule has 170 valence electrons. The summed E-state index contributed by atoms with van der Waals surface area (Å²) >= 11 is 7.71. The molecule has 0 N–H and O–H groups in total. The molecule has 32 heavy (non-hydrogen) atoms. The van der Waals surface area contributed by atoms with Gasteiger partial charge in [0, 0.05) is 30.4 Å². The summed E-state index contributed by atoms with van der Waals surface area (Å²) in [5.41, 5.74) is 1.05. The van der Waals surface area contributed by atoms with Gasteiger partial charge in [-0.15, -0.1) is 11.8 Å². The molecule has 0 radical (unpaired) electrons. The number of amides is 2. The normalized spacial score (nSPS) is 17.5. The van der Waals surface area contributed by atoms with Crippen molar-refractivity contribution in [1.29, 1.82) is 0 Å². The van der Waals surface area contributed by atoms with Gasteiger partial charge < -0.3 is 19.3 Å². The van der Waals surface area contributed by atoms with Crippen molar-refractivity contribution in [2.45, 2.75) is 24.3 Å². The Balaban J connectivity index is 1.25.